The first-order valence-corrected chi connectivity index (χ1v) is 10.3. The number of aryl methyl sites for hydroxylation is 2. The minimum absolute atomic E-state index is 0.205. The molecule has 5 nitrogen and oxygen atoms in total. The number of nitrogens with one attached hydrogen (secondary N) is 1. The van der Waals surface area contributed by atoms with E-state index in [2.05, 4.69) is 19.9 Å². The van der Waals surface area contributed by atoms with Crippen molar-refractivity contribution in [1.82, 2.24) is 19.9 Å². The van der Waals surface area contributed by atoms with Crippen molar-refractivity contribution in [2.24, 2.45) is 0 Å². The average Bonchev–Trinajstić information content (AvgIpc) is 3.22. The van der Waals surface area contributed by atoms with E-state index in [-0.39, 0.29) is 12.1 Å². The van der Waals surface area contributed by atoms with Gasteiger partial charge < -0.3 is 15.0 Å². The molecular formula is C19H23ClN4OS. The largest absolute Gasteiger partial charge is 0.392 e. The van der Waals surface area contributed by atoms with Crippen LogP contribution in [0.25, 0.3) is 21.5 Å². The predicted octanol–water partition coefficient (Wildman–Crippen LogP) is 4.01. The molecule has 2 N–H and O–H groups in total. The summed E-state index contributed by atoms with van der Waals surface area (Å²) in [5, 5.41) is 15.3. The van der Waals surface area contributed by atoms with Crippen LogP contribution >= 0.6 is 22.9 Å². The van der Waals surface area contributed by atoms with E-state index in [0.717, 1.165) is 65.3 Å². The van der Waals surface area contributed by atoms with Crippen molar-refractivity contribution in [2.75, 3.05) is 6.54 Å². The van der Waals surface area contributed by atoms with Crippen molar-refractivity contribution in [3.05, 3.63) is 34.7 Å². The maximum Gasteiger partial charge on any atom is 0.0958 e. The highest BCUT2D eigenvalue weighted by atomic mass is 35.5. The van der Waals surface area contributed by atoms with Gasteiger partial charge in [0.05, 0.1) is 33.3 Å². The topological polar surface area (TPSA) is 63.0 Å². The monoisotopic (exact) mass is 390 g/mol. The number of hydrogen-bond donors (Lipinski definition) is 2. The molecule has 2 aromatic heterocycles. The first-order valence-electron chi connectivity index (χ1n) is 9.10. The molecule has 0 radical (unpaired) electrons. The Labute approximate surface area is 162 Å². The van der Waals surface area contributed by atoms with Crippen molar-refractivity contribution in [1.29, 1.82) is 0 Å². The number of aliphatic hydroxyl groups excluding tert-OH is 1. The summed E-state index contributed by atoms with van der Waals surface area (Å²) in [7, 11) is 0. The number of aliphatic hydroxyl groups is 1. The maximum absolute atomic E-state index is 10.1. The van der Waals surface area contributed by atoms with E-state index in [1.54, 1.807) is 11.3 Å². The van der Waals surface area contributed by atoms with Crippen LogP contribution in [0.1, 0.15) is 30.7 Å². The van der Waals surface area contributed by atoms with Crippen molar-refractivity contribution >= 4 is 34.0 Å². The van der Waals surface area contributed by atoms with Crippen LogP contribution in [0.5, 0.6) is 0 Å². The van der Waals surface area contributed by atoms with Gasteiger partial charge in [-0.05, 0) is 51.3 Å². The molecule has 1 aliphatic rings. The van der Waals surface area contributed by atoms with Crippen molar-refractivity contribution in [3.8, 4) is 10.4 Å². The molecule has 1 saturated heterocycles. The summed E-state index contributed by atoms with van der Waals surface area (Å²) in [4.78, 5) is 10.0. The van der Waals surface area contributed by atoms with Gasteiger partial charge in [0, 0.05) is 29.4 Å². The Morgan fingerprint density at radius 3 is 3.04 bits per heavy atom. The summed E-state index contributed by atoms with van der Waals surface area (Å²) in [6.45, 7) is 3.88. The number of halogens is 1. The minimum Gasteiger partial charge on any atom is -0.392 e. The van der Waals surface area contributed by atoms with Gasteiger partial charge in [0.15, 0.2) is 0 Å². The van der Waals surface area contributed by atoms with Gasteiger partial charge in [0.25, 0.3) is 0 Å². The molecule has 138 valence electrons. The number of imidazole rings is 1. The standard InChI is InChI=1S/C19H23ClN4OS/c1-12-22-10-18(26-12)14-8-13(20)9-16-19(14)24(11-23-16)7-3-4-15-17(25)5-2-6-21-15/h8-11,15,17,21,25H,2-7H2,1H3/t15-,17+/m1/s1. The van der Waals surface area contributed by atoms with Crippen LogP contribution in [0, 0.1) is 6.92 Å². The lowest BCUT2D eigenvalue weighted by Gasteiger charge is -2.29. The summed E-state index contributed by atoms with van der Waals surface area (Å²) >= 11 is 7.98. The van der Waals surface area contributed by atoms with Gasteiger partial charge in [-0.3, -0.25) is 0 Å². The number of aromatic nitrogens is 3. The zero-order valence-electron chi connectivity index (χ0n) is 14.8. The maximum atomic E-state index is 10.1. The second-order valence-electron chi connectivity index (χ2n) is 6.91. The molecule has 0 spiro atoms. The molecule has 1 fully saturated rings. The lowest BCUT2D eigenvalue weighted by Crippen LogP contribution is -2.44. The number of thiazole rings is 1. The van der Waals surface area contributed by atoms with E-state index < -0.39 is 0 Å². The third-order valence-electron chi connectivity index (χ3n) is 5.03. The lowest BCUT2D eigenvalue weighted by molar-refractivity contribution is 0.0909. The van der Waals surface area contributed by atoms with Crippen molar-refractivity contribution in [3.63, 3.8) is 0 Å². The van der Waals surface area contributed by atoms with Crippen LogP contribution in [0.3, 0.4) is 0 Å². The predicted molar refractivity (Wildman–Crippen MR) is 107 cm³/mol. The summed E-state index contributed by atoms with van der Waals surface area (Å²) in [5.74, 6) is 0. The highest BCUT2D eigenvalue weighted by Gasteiger charge is 2.22. The molecule has 4 rings (SSSR count). The van der Waals surface area contributed by atoms with Crippen LogP contribution in [0.2, 0.25) is 5.02 Å². The highest BCUT2D eigenvalue weighted by Crippen LogP contribution is 2.35. The van der Waals surface area contributed by atoms with Gasteiger partial charge in [-0.25, -0.2) is 9.97 Å². The average molecular weight is 391 g/mol. The molecule has 0 saturated carbocycles. The Morgan fingerprint density at radius 2 is 2.27 bits per heavy atom. The van der Waals surface area contributed by atoms with E-state index in [1.165, 1.54) is 0 Å². The Morgan fingerprint density at radius 1 is 1.38 bits per heavy atom. The number of benzene rings is 1. The fraction of sp³-hybridized carbons (Fsp3) is 0.474. The molecule has 26 heavy (non-hydrogen) atoms. The Bertz CT molecular complexity index is 906. The zero-order valence-corrected chi connectivity index (χ0v) is 16.4. The third kappa shape index (κ3) is 3.64. The Balaban J connectivity index is 1.57. The SMILES string of the molecule is Cc1ncc(-c2cc(Cl)cc3ncn(CCC[C@H]4NCCC[C@@H]4O)c23)s1. The quantitative estimate of drug-likeness (QED) is 0.690. The second kappa shape index (κ2) is 7.64. The van der Waals surface area contributed by atoms with Crippen LogP contribution in [0.15, 0.2) is 24.7 Å². The van der Waals surface area contributed by atoms with E-state index in [1.807, 2.05) is 31.6 Å². The highest BCUT2D eigenvalue weighted by molar-refractivity contribution is 7.15. The first-order chi connectivity index (χ1) is 12.6. The van der Waals surface area contributed by atoms with Gasteiger partial charge in [-0.1, -0.05) is 11.6 Å². The molecule has 3 heterocycles. The van der Waals surface area contributed by atoms with E-state index >= 15 is 0 Å². The van der Waals surface area contributed by atoms with Crippen molar-refractivity contribution < 1.29 is 5.11 Å². The van der Waals surface area contributed by atoms with Gasteiger partial charge in [-0.2, -0.15) is 0 Å². The Hall–Kier alpha value is -1.47. The van der Waals surface area contributed by atoms with Crippen LogP contribution < -0.4 is 5.32 Å². The number of fused-ring (bicyclic) bond motifs is 1. The molecule has 1 aliphatic heterocycles. The van der Waals surface area contributed by atoms with Crippen LogP contribution in [-0.4, -0.2) is 38.3 Å². The number of rotatable bonds is 5. The van der Waals surface area contributed by atoms with E-state index in [0.29, 0.717) is 5.02 Å². The zero-order chi connectivity index (χ0) is 18.1. The van der Waals surface area contributed by atoms with Gasteiger partial charge >= 0.3 is 0 Å². The fourth-order valence-corrected chi connectivity index (χ4v) is 4.74. The molecule has 1 aromatic carbocycles. The molecule has 0 unspecified atom stereocenters. The molecule has 0 amide bonds. The third-order valence-corrected chi connectivity index (χ3v) is 6.19. The van der Waals surface area contributed by atoms with Gasteiger partial charge in [-0.15, -0.1) is 11.3 Å². The number of piperidine rings is 1. The van der Waals surface area contributed by atoms with Crippen LogP contribution in [-0.2, 0) is 6.54 Å². The van der Waals surface area contributed by atoms with Crippen LogP contribution in [0.4, 0.5) is 0 Å². The fourth-order valence-electron chi connectivity index (χ4n) is 3.73. The van der Waals surface area contributed by atoms with Gasteiger partial charge in [0.2, 0.25) is 0 Å². The Kier molecular flexibility index (Phi) is 5.27. The summed E-state index contributed by atoms with van der Waals surface area (Å²) in [6.07, 6.45) is 7.49. The number of nitrogens with zero attached hydrogens (tertiary/aromatic N) is 3. The molecule has 3 aromatic rings. The van der Waals surface area contributed by atoms with Gasteiger partial charge in [0.1, 0.15) is 0 Å². The normalized spacial score (nSPS) is 20.7. The lowest BCUT2D eigenvalue weighted by atomic mass is 9.97. The number of hydrogen-bond acceptors (Lipinski definition) is 5. The summed E-state index contributed by atoms with van der Waals surface area (Å²) < 4.78 is 2.20. The minimum atomic E-state index is -0.224. The summed E-state index contributed by atoms with van der Waals surface area (Å²) in [6, 6.07) is 4.12. The smallest absolute Gasteiger partial charge is 0.0958 e. The van der Waals surface area contributed by atoms with Crippen molar-refractivity contribution in [2.45, 2.75) is 51.3 Å². The molecule has 2 atom stereocenters. The molecule has 0 bridgehead atoms. The van der Waals surface area contributed by atoms with E-state index in [9.17, 15) is 5.11 Å². The second-order valence-corrected chi connectivity index (χ2v) is 8.59. The first kappa shape index (κ1) is 17.9. The van der Waals surface area contributed by atoms with E-state index in [4.69, 9.17) is 11.6 Å². The molecule has 0 aliphatic carbocycles. The molecule has 7 heteroatoms. The molecular weight excluding hydrogens is 368 g/mol. The summed E-state index contributed by atoms with van der Waals surface area (Å²) in [5.41, 5.74) is 3.11.